The molecule has 3 aromatic rings. The van der Waals surface area contributed by atoms with Crippen molar-refractivity contribution in [1.82, 2.24) is 0 Å². The fourth-order valence-electron chi connectivity index (χ4n) is 3.13. The van der Waals surface area contributed by atoms with Crippen LogP contribution in [0.3, 0.4) is 0 Å². The molecule has 0 radical (unpaired) electrons. The van der Waals surface area contributed by atoms with Gasteiger partial charge < -0.3 is 10.1 Å². The molecule has 0 atom stereocenters. The number of amides is 1. The van der Waals surface area contributed by atoms with E-state index in [0.29, 0.717) is 5.69 Å². The molecule has 0 aliphatic rings. The number of carbonyl (C=O) groups excluding carboxylic acids is 2. The second kappa shape index (κ2) is 10.0. The van der Waals surface area contributed by atoms with Crippen molar-refractivity contribution in [2.75, 3.05) is 16.6 Å². The molecule has 2 aromatic carbocycles. The third-order valence-corrected chi connectivity index (χ3v) is 7.57. The molecule has 34 heavy (non-hydrogen) atoms. The van der Waals surface area contributed by atoms with Crippen molar-refractivity contribution in [3.63, 3.8) is 0 Å². The Bertz CT molecular complexity index is 1370. The first-order valence-corrected chi connectivity index (χ1v) is 12.3. The third-order valence-electron chi connectivity index (χ3n) is 4.77. The topological polar surface area (TPSA) is 145 Å². The molecule has 178 valence electrons. The second-order valence-corrected chi connectivity index (χ2v) is 9.78. The van der Waals surface area contributed by atoms with Gasteiger partial charge >= 0.3 is 5.97 Å². The molecule has 12 heteroatoms. The molecule has 1 aromatic heterocycles. The number of aryl methyl sites for hydroxylation is 1. The second-order valence-electron chi connectivity index (χ2n) is 7.11. The number of thiophene rings is 1. The lowest BCUT2D eigenvalue weighted by atomic mass is 10.1. The first-order chi connectivity index (χ1) is 16.0. The minimum atomic E-state index is -4.35. The highest BCUT2D eigenvalue weighted by Crippen LogP contribution is 2.36. The van der Waals surface area contributed by atoms with E-state index in [9.17, 15) is 28.1 Å². The standard InChI is InChI=1S/C22H21N3O7S2/c1-4-32-22(27)19-14(3)18(20(26)23-15-8-6-5-7-9-15)21(33-19)24-34(30,31)17-12-16(25(28)29)11-10-13(17)2/h5-12,24H,4H2,1-3H3,(H,23,26). The van der Waals surface area contributed by atoms with Crippen molar-refractivity contribution in [2.24, 2.45) is 0 Å². The van der Waals surface area contributed by atoms with E-state index in [1.165, 1.54) is 26.0 Å². The summed E-state index contributed by atoms with van der Waals surface area (Å²) < 4.78 is 33.7. The fourth-order valence-corrected chi connectivity index (χ4v) is 5.80. The predicted octanol–water partition coefficient (Wildman–Crippen LogP) is 4.50. The van der Waals surface area contributed by atoms with Crippen LogP contribution in [0.4, 0.5) is 16.4 Å². The molecule has 0 aliphatic heterocycles. The molecule has 0 spiro atoms. The van der Waals surface area contributed by atoms with E-state index >= 15 is 0 Å². The highest BCUT2D eigenvalue weighted by molar-refractivity contribution is 7.93. The van der Waals surface area contributed by atoms with E-state index in [1.54, 1.807) is 37.3 Å². The van der Waals surface area contributed by atoms with Crippen LogP contribution in [-0.4, -0.2) is 31.8 Å². The lowest BCUT2D eigenvalue weighted by molar-refractivity contribution is -0.385. The number of nitro benzene ring substituents is 1. The number of esters is 1. The molecule has 0 saturated carbocycles. The van der Waals surface area contributed by atoms with Crippen LogP contribution < -0.4 is 10.0 Å². The first-order valence-electron chi connectivity index (χ1n) is 10.00. The van der Waals surface area contributed by atoms with Crippen LogP contribution in [0.1, 0.15) is 38.1 Å². The average molecular weight is 504 g/mol. The van der Waals surface area contributed by atoms with Gasteiger partial charge in [0.1, 0.15) is 9.88 Å². The molecule has 1 amide bonds. The van der Waals surface area contributed by atoms with Crippen LogP contribution >= 0.6 is 11.3 Å². The van der Waals surface area contributed by atoms with Gasteiger partial charge in [0.2, 0.25) is 0 Å². The number of carbonyl (C=O) groups is 2. The Balaban J connectivity index is 2.08. The number of para-hydroxylation sites is 1. The number of nitrogens with zero attached hydrogens (tertiary/aromatic N) is 1. The quantitative estimate of drug-likeness (QED) is 0.261. The Kier molecular flexibility index (Phi) is 7.32. The van der Waals surface area contributed by atoms with E-state index in [0.717, 1.165) is 17.4 Å². The zero-order valence-electron chi connectivity index (χ0n) is 18.4. The average Bonchev–Trinajstić information content (AvgIpc) is 3.09. The van der Waals surface area contributed by atoms with Crippen molar-refractivity contribution in [1.29, 1.82) is 0 Å². The monoisotopic (exact) mass is 503 g/mol. The van der Waals surface area contributed by atoms with E-state index in [4.69, 9.17) is 4.74 Å². The molecule has 1 heterocycles. The van der Waals surface area contributed by atoms with Gasteiger partial charge in [0.15, 0.2) is 0 Å². The maximum Gasteiger partial charge on any atom is 0.348 e. The Hall–Kier alpha value is -3.77. The predicted molar refractivity (Wildman–Crippen MR) is 128 cm³/mol. The Labute approximate surface area is 199 Å². The Morgan fingerprint density at radius 3 is 2.41 bits per heavy atom. The van der Waals surface area contributed by atoms with Crippen LogP contribution in [0.25, 0.3) is 0 Å². The van der Waals surface area contributed by atoms with E-state index < -0.39 is 32.5 Å². The summed E-state index contributed by atoms with van der Waals surface area (Å²) in [5.74, 6) is -1.33. The van der Waals surface area contributed by atoms with E-state index in [2.05, 4.69) is 10.0 Å². The molecule has 0 bridgehead atoms. The van der Waals surface area contributed by atoms with Gasteiger partial charge in [0.25, 0.3) is 21.6 Å². The van der Waals surface area contributed by atoms with Crippen molar-refractivity contribution < 1.29 is 27.7 Å². The minimum absolute atomic E-state index is 0.0523. The minimum Gasteiger partial charge on any atom is -0.462 e. The number of rotatable bonds is 8. The largest absolute Gasteiger partial charge is 0.462 e. The number of nitrogens with one attached hydrogen (secondary N) is 2. The SMILES string of the molecule is CCOC(=O)c1sc(NS(=O)(=O)c2cc([N+](=O)[O-])ccc2C)c(C(=O)Nc2ccccc2)c1C. The normalized spacial score (nSPS) is 11.0. The van der Waals surface area contributed by atoms with Crippen LogP contribution in [-0.2, 0) is 14.8 Å². The molecule has 2 N–H and O–H groups in total. The van der Waals surface area contributed by atoms with Crippen molar-refractivity contribution >= 4 is 49.6 Å². The number of sulfonamides is 1. The molecular formula is C22H21N3O7S2. The van der Waals surface area contributed by atoms with Gasteiger partial charge in [0.05, 0.1) is 22.0 Å². The maximum atomic E-state index is 13.2. The van der Waals surface area contributed by atoms with Crippen LogP contribution in [0.15, 0.2) is 53.4 Å². The number of benzene rings is 2. The summed E-state index contributed by atoms with van der Waals surface area (Å²) in [7, 11) is -4.35. The smallest absolute Gasteiger partial charge is 0.348 e. The number of anilines is 2. The van der Waals surface area contributed by atoms with Gasteiger partial charge in [-0.2, -0.15) is 0 Å². The summed E-state index contributed by atoms with van der Waals surface area (Å²) in [6.45, 7) is 4.72. The molecule has 0 aliphatic carbocycles. The summed E-state index contributed by atoms with van der Waals surface area (Å²) in [6, 6.07) is 12.0. The third kappa shape index (κ3) is 5.24. The Morgan fingerprint density at radius 1 is 1.12 bits per heavy atom. The molecule has 0 fully saturated rings. The summed E-state index contributed by atoms with van der Waals surface area (Å²) in [5, 5.41) is 13.7. The molecule has 0 unspecified atom stereocenters. The van der Waals surface area contributed by atoms with Crippen molar-refractivity contribution in [3.8, 4) is 0 Å². The van der Waals surface area contributed by atoms with Crippen LogP contribution in [0.5, 0.6) is 0 Å². The Morgan fingerprint density at radius 2 is 1.79 bits per heavy atom. The zero-order valence-corrected chi connectivity index (χ0v) is 20.1. The van der Waals surface area contributed by atoms with Gasteiger partial charge in [0, 0.05) is 17.8 Å². The summed E-state index contributed by atoms with van der Waals surface area (Å²) in [4.78, 5) is 35.7. The highest BCUT2D eigenvalue weighted by Gasteiger charge is 2.29. The summed E-state index contributed by atoms with van der Waals surface area (Å²) >= 11 is 0.751. The van der Waals surface area contributed by atoms with Crippen LogP contribution in [0.2, 0.25) is 0 Å². The number of non-ortho nitro benzene ring substituents is 1. The van der Waals surface area contributed by atoms with Gasteiger partial charge in [-0.25, -0.2) is 13.2 Å². The summed E-state index contributed by atoms with van der Waals surface area (Å²) in [6.07, 6.45) is 0. The van der Waals surface area contributed by atoms with Gasteiger partial charge in [-0.15, -0.1) is 11.3 Å². The number of hydrogen-bond acceptors (Lipinski definition) is 8. The van der Waals surface area contributed by atoms with Crippen LogP contribution in [0, 0.1) is 24.0 Å². The molecular weight excluding hydrogens is 482 g/mol. The van der Waals surface area contributed by atoms with E-state index in [-0.39, 0.29) is 38.1 Å². The number of hydrogen-bond donors (Lipinski definition) is 2. The first kappa shape index (κ1) is 24.9. The highest BCUT2D eigenvalue weighted by atomic mass is 32.2. The number of ether oxygens (including phenoxy) is 1. The fraction of sp³-hybridized carbons (Fsp3) is 0.182. The molecule has 10 nitrogen and oxygen atoms in total. The van der Waals surface area contributed by atoms with Crippen molar-refractivity contribution in [3.05, 3.63) is 80.2 Å². The summed E-state index contributed by atoms with van der Waals surface area (Å²) in [5.41, 5.74) is 0.530. The van der Waals surface area contributed by atoms with E-state index in [1.807, 2.05) is 0 Å². The van der Waals surface area contributed by atoms with Gasteiger partial charge in [-0.3, -0.25) is 19.6 Å². The zero-order chi connectivity index (χ0) is 25.0. The maximum absolute atomic E-state index is 13.2. The number of nitro groups is 1. The lowest BCUT2D eigenvalue weighted by Crippen LogP contribution is -2.18. The molecule has 3 rings (SSSR count). The van der Waals surface area contributed by atoms with Gasteiger partial charge in [-0.1, -0.05) is 24.3 Å². The lowest BCUT2D eigenvalue weighted by Gasteiger charge is -2.11. The van der Waals surface area contributed by atoms with Crippen molar-refractivity contribution in [2.45, 2.75) is 25.7 Å². The van der Waals surface area contributed by atoms with Gasteiger partial charge in [-0.05, 0) is 44.0 Å². The molecule has 0 saturated heterocycles.